The molecule has 0 radical (unpaired) electrons. The van der Waals surface area contributed by atoms with Crippen LogP contribution in [0.2, 0.25) is 0 Å². The maximum absolute atomic E-state index is 13.4. The molecule has 1 aromatic carbocycles. The second kappa shape index (κ2) is 8.87. The van der Waals surface area contributed by atoms with Crippen LogP contribution < -0.4 is 16.0 Å². The molecule has 1 saturated carbocycles. The lowest BCUT2D eigenvalue weighted by Gasteiger charge is -2.31. The first-order valence-corrected chi connectivity index (χ1v) is 11.9. The lowest BCUT2D eigenvalue weighted by Crippen LogP contribution is -2.48. The zero-order valence-corrected chi connectivity index (χ0v) is 19.5. The Labute approximate surface area is 198 Å². The van der Waals surface area contributed by atoms with Gasteiger partial charge >= 0.3 is 0 Å². The summed E-state index contributed by atoms with van der Waals surface area (Å²) in [5.74, 6) is -0.115. The molecule has 9 nitrogen and oxygen atoms in total. The number of carbonyl (C=O) groups is 3. The minimum atomic E-state index is -0.684. The third kappa shape index (κ3) is 3.98. The number of hydrogen-bond acceptors (Lipinski definition) is 6. The molecule has 1 aromatic heterocycles. The summed E-state index contributed by atoms with van der Waals surface area (Å²) in [6, 6.07) is 4.86. The minimum Gasteiger partial charge on any atom is -0.381 e. The fraction of sp³-hybridized carbons (Fsp3) is 0.520. The van der Waals surface area contributed by atoms with Crippen molar-refractivity contribution in [2.45, 2.75) is 57.4 Å². The van der Waals surface area contributed by atoms with Gasteiger partial charge in [-0.3, -0.25) is 14.4 Å². The van der Waals surface area contributed by atoms with Crippen LogP contribution in [0.5, 0.6) is 0 Å². The van der Waals surface area contributed by atoms with Gasteiger partial charge in [0.2, 0.25) is 11.8 Å². The van der Waals surface area contributed by atoms with Crippen LogP contribution in [0, 0.1) is 18.8 Å². The number of hydrogen-bond donors (Lipinski definition) is 3. The van der Waals surface area contributed by atoms with Gasteiger partial charge in [0.05, 0.1) is 11.1 Å². The number of carbonyl (C=O) groups excluding carboxylic acids is 3. The van der Waals surface area contributed by atoms with Gasteiger partial charge in [0.1, 0.15) is 17.9 Å². The van der Waals surface area contributed by atoms with Crippen LogP contribution in [0.1, 0.15) is 60.6 Å². The average Bonchev–Trinajstić information content (AvgIpc) is 3.51. The molecule has 3 unspecified atom stereocenters. The molecule has 180 valence electrons. The maximum atomic E-state index is 13.4. The molecule has 1 saturated heterocycles. The Kier molecular flexibility index (Phi) is 5.89. The van der Waals surface area contributed by atoms with E-state index in [0.29, 0.717) is 48.9 Å². The second-order valence-corrected chi connectivity index (χ2v) is 9.84. The standard InChI is InChI=1S/C25H30N4O5/c1-14-3-4-16(11-14)21(28-22(30)18-13-34-29-15(18)2)23(31)26-17-5-6-19-20(12-17)27-24(32)25(19)7-9-33-10-8-25/h5-6,12-14,16,21H,3-4,7-11H2,1-2H3,(H,26,31)(H,27,32)(H,28,30). The molecule has 9 heteroatoms. The van der Waals surface area contributed by atoms with E-state index in [1.807, 2.05) is 12.1 Å². The van der Waals surface area contributed by atoms with E-state index >= 15 is 0 Å². The van der Waals surface area contributed by atoms with Crippen LogP contribution >= 0.6 is 0 Å². The number of benzene rings is 1. The maximum Gasteiger partial charge on any atom is 0.257 e. The highest BCUT2D eigenvalue weighted by atomic mass is 16.5. The normalized spacial score (nSPS) is 23.9. The van der Waals surface area contributed by atoms with Crippen LogP contribution in [0.3, 0.4) is 0 Å². The van der Waals surface area contributed by atoms with E-state index in [1.54, 1.807) is 13.0 Å². The topological polar surface area (TPSA) is 123 Å². The van der Waals surface area contributed by atoms with Crippen molar-refractivity contribution in [3.63, 3.8) is 0 Å². The monoisotopic (exact) mass is 466 g/mol. The molecule has 2 aliphatic heterocycles. The highest BCUT2D eigenvalue weighted by molar-refractivity contribution is 6.07. The lowest BCUT2D eigenvalue weighted by atomic mass is 9.75. The fourth-order valence-electron chi connectivity index (χ4n) is 5.62. The second-order valence-electron chi connectivity index (χ2n) is 9.84. The highest BCUT2D eigenvalue weighted by Gasteiger charge is 2.47. The Hall–Kier alpha value is -3.20. The van der Waals surface area contributed by atoms with Crippen LogP contribution in [0.15, 0.2) is 29.0 Å². The molecule has 2 fully saturated rings. The van der Waals surface area contributed by atoms with Gasteiger partial charge in [-0.2, -0.15) is 0 Å². The van der Waals surface area contributed by atoms with Gasteiger partial charge in [-0.1, -0.05) is 24.6 Å². The molecule has 0 bridgehead atoms. The summed E-state index contributed by atoms with van der Waals surface area (Å²) in [6.07, 6.45) is 5.35. The van der Waals surface area contributed by atoms with Crippen LogP contribution in [-0.4, -0.2) is 42.1 Å². The Bertz CT molecular complexity index is 1120. The molecule has 3 heterocycles. The van der Waals surface area contributed by atoms with Gasteiger partial charge in [0.15, 0.2) is 0 Å². The van der Waals surface area contributed by atoms with Gasteiger partial charge in [-0.15, -0.1) is 0 Å². The van der Waals surface area contributed by atoms with Crippen molar-refractivity contribution in [3.8, 4) is 0 Å². The summed E-state index contributed by atoms with van der Waals surface area (Å²) < 4.78 is 10.4. The van der Waals surface area contributed by atoms with E-state index in [0.717, 1.165) is 30.5 Å². The van der Waals surface area contributed by atoms with Crippen LogP contribution in [0.4, 0.5) is 11.4 Å². The molecule has 3 atom stereocenters. The first-order valence-electron chi connectivity index (χ1n) is 11.9. The van der Waals surface area contributed by atoms with Crippen molar-refractivity contribution < 1.29 is 23.6 Å². The number of fused-ring (bicyclic) bond motifs is 2. The summed E-state index contributed by atoms with van der Waals surface area (Å²) in [5, 5.41) is 12.6. The van der Waals surface area contributed by atoms with Crippen molar-refractivity contribution in [2.75, 3.05) is 23.8 Å². The molecule has 3 amide bonds. The lowest BCUT2D eigenvalue weighted by molar-refractivity contribution is -0.124. The summed E-state index contributed by atoms with van der Waals surface area (Å²) >= 11 is 0. The number of amides is 3. The predicted octanol–water partition coefficient (Wildman–Crippen LogP) is 3.16. The Morgan fingerprint density at radius 1 is 1.24 bits per heavy atom. The first-order chi connectivity index (χ1) is 16.4. The zero-order valence-electron chi connectivity index (χ0n) is 19.5. The Morgan fingerprint density at radius 3 is 2.71 bits per heavy atom. The highest BCUT2D eigenvalue weighted by Crippen LogP contribution is 2.45. The Balaban J connectivity index is 1.35. The molecule has 3 aliphatic rings. The summed E-state index contributed by atoms with van der Waals surface area (Å²) in [5.41, 5.74) is 2.51. The van der Waals surface area contributed by atoms with Crippen molar-refractivity contribution in [1.82, 2.24) is 10.5 Å². The third-order valence-electron chi connectivity index (χ3n) is 7.60. The first kappa shape index (κ1) is 22.6. The molecular formula is C25H30N4O5. The molecule has 3 N–H and O–H groups in total. The number of rotatable bonds is 5. The van der Waals surface area contributed by atoms with Gasteiger partial charge in [0.25, 0.3) is 5.91 Å². The van der Waals surface area contributed by atoms with Crippen molar-refractivity contribution in [3.05, 3.63) is 41.3 Å². The van der Waals surface area contributed by atoms with Crippen LogP contribution in [-0.2, 0) is 19.7 Å². The number of aryl methyl sites for hydroxylation is 1. The minimum absolute atomic E-state index is 0.0107. The van der Waals surface area contributed by atoms with Crippen molar-refractivity contribution in [1.29, 1.82) is 0 Å². The molecular weight excluding hydrogens is 436 g/mol. The van der Waals surface area contributed by atoms with Gasteiger partial charge in [0, 0.05) is 24.6 Å². The summed E-state index contributed by atoms with van der Waals surface area (Å²) in [7, 11) is 0. The quantitative estimate of drug-likeness (QED) is 0.622. The van der Waals surface area contributed by atoms with Crippen molar-refractivity contribution >= 4 is 29.1 Å². The molecule has 1 spiro atoms. The van der Waals surface area contributed by atoms with E-state index in [-0.39, 0.29) is 23.6 Å². The fourth-order valence-corrected chi connectivity index (χ4v) is 5.62. The average molecular weight is 467 g/mol. The number of ether oxygens (including phenoxy) is 1. The van der Waals surface area contributed by atoms with E-state index in [2.05, 4.69) is 28.0 Å². The number of nitrogens with one attached hydrogen (secondary N) is 3. The van der Waals surface area contributed by atoms with Crippen molar-refractivity contribution in [2.24, 2.45) is 11.8 Å². The van der Waals surface area contributed by atoms with E-state index in [4.69, 9.17) is 9.26 Å². The van der Waals surface area contributed by atoms with Gasteiger partial charge in [-0.05, 0) is 62.1 Å². The number of nitrogens with zero attached hydrogens (tertiary/aromatic N) is 1. The number of aromatic nitrogens is 1. The van der Waals surface area contributed by atoms with E-state index in [9.17, 15) is 14.4 Å². The molecule has 5 rings (SSSR count). The summed E-state index contributed by atoms with van der Waals surface area (Å²) in [4.78, 5) is 39.0. The SMILES string of the molecule is Cc1nocc1C(=O)NC(C(=O)Nc1ccc2c(c1)NC(=O)C21CCOCC1)C1CCC(C)C1. The molecule has 34 heavy (non-hydrogen) atoms. The van der Waals surface area contributed by atoms with Crippen LogP contribution in [0.25, 0.3) is 0 Å². The number of anilines is 2. The molecule has 2 aromatic rings. The Morgan fingerprint density at radius 2 is 2.03 bits per heavy atom. The van der Waals surface area contributed by atoms with E-state index < -0.39 is 11.5 Å². The van der Waals surface area contributed by atoms with Gasteiger partial charge in [-0.25, -0.2) is 0 Å². The third-order valence-corrected chi connectivity index (χ3v) is 7.60. The zero-order chi connectivity index (χ0) is 23.9. The summed E-state index contributed by atoms with van der Waals surface area (Å²) in [6.45, 7) is 4.96. The molecule has 1 aliphatic carbocycles. The smallest absolute Gasteiger partial charge is 0.257 e. The van der Waals surface area contributed by atoms with E-state index in [1.165, 1.54) is 6.26 Å². The van der Waals surface area contributed by atoms with Gasteiger partial charge < -0.3 is 25.2 Å². The largest absolute Gasteiger partial charge is 0.381 e. The predicted molar refractivity (Wildman–Crippen MR) is 124 cm³/mol.